The molecule has 0 amide bonds. The predicted molar refractivity (Wildman–Crippen MR) is 77.5 cm³/mol. The molecule has 2 rings (SSSR count). The van der Waals surface area contributed by atoms with Crippen molar-refractivity contribution in [1.29, 1.82) is 0 Å². The Hall–Kier alpha value is -1.41. The molecule has 0 saturated carbocycles. The second-order valence-corrected chi connectivity index (χ2v) is 4.53. The topological polar surface area (TPSA) is 12.4 Å². The van der Waals surface area contributed by atoms with E-state index in [4.69, 9.17) is 0 Å². The average Bonchev–Trinajstić information content (AvgIpc) is 2.39. The van der Waals surface area contributed by atoms with E-state index >= 15 is 0 Å². The third-order valence-corrected chi connectivity index (χ3v) is 3.18. The second-order valence-electron chi connectivity index (χ2n) is 3.97. The molecular formula is C15H14BrN. The van der Waals surface area contributed by atoms with Crippen molar-refractivity contribution in [2.45, 2.75) is 12.3 Å². The van der Waals surface area contributed by atoms with Crippen molar-refractivity contribution in [1.82, 2.24) is 0 Å². The van der Waals surface area contributed by atoms with Gasteiger partial charge in [-0.25, -0.2) is 0 Å². The third kappa shape index (κ3) is 3.53. The summed E-state index contributed by atoms with van der Waals surface area (Å²) in [6.07, 6.45) is 1.89. The maximum atomic E-state index is 4.44. The average molecular weight is 288 g/mol. The van der Waals surface area contributed by atoms with Gasteiger partial charge in [0.1, 0.15) is 0 Å². The summed E-state index contributed by atoms with van der Waals surface area (Å²) in [5.74, 6) is 0. The van der Waals surface area contributed by atoms with E-state index < -0.39 is 0 Å². The molecule has 0 heterocycles. The zero-order valence-corrected chi connectivity index (χ0v) is 11.3. The van der Waals surface area contributed by atoms with Crippen molar-refractivity contribution in [3.05, 3.63) is 65.2 Å². The van der Waals surface area contributed by atoms with Gasteiger partial charge in [0.05, 0.1) is 5.69 Å². The van der Waals surface area contributed by atoms with Crippen molar-refractivity contribution >= 4 is 27.8 Å². The molecule has 0 saturated heterocycles. The van der Waals surface area contributed by atoms with E-state index in [1.807, 2.05) is 18.3 Å². The minimum atomic E-state index is 0.891. The van der Waals surface area contributed by atoms with Crippen molar-refractivity contribution < 1.29 is 0 Å². The lowest BCUT2D eigenvalue weighted by Gasteiger charge is -1.97. The normalized spacial score (nSPS) is 10.9. The van der Waals surface area contributed by atoms with Crippen LogP contribution in [0.3, 0.4) is 0 Å². The molecule has 0 N–H and O–H groups in total. The summed E-state index contributed by atoms with van der Waals surface area (Å²) in [6, 6.07) is 16.6. The van der Waals surface area contributed by atoms with Crippen LogP contribution in [-0.2, 0) is 5.33 Å². The first-order chi connectivity index (χ1) is 8.28. The van der Waals surface area contributed by atoms with Gasteiger partial charge in [0.2, 0.25) is 0 Å². The van der Waals surface area contributed by atoms with Crippen LogP contribution >= 0.6 is 15.9 Å². The van der Waals surface area contributed by atoms with Gasteiger partial charge in [0.25, 0.3) is 0 Å². The van der Waals surface area contributed by atoms with Gasteiger partial charge in [-0.15, -0.1) is 0 Å². The van der Waals surface area contributed by atoms with Gasteiger partial charge in [-0.3, -0.25) is 4.99 Å². The van der Waals surface area contributed by atoms with Crippen molar-refractivity contribution in [2.24, 2.45) is 4.99 Å². The summed E-state index contributed by atoms with van der Waals surface area (Å²) in [5.41, 5.74) is 4.64. The van der Waals surface area contributed by atoms with E-state index in [1.54, 1.807) is 0 Å². The second kappa shape index (κ2) is 5.78. The Bertz CT molecular complexity index is 497. The first kappa shape index (κ1) is 12.1. The van der Waals surface area contributed by atoms with Gasteiger partial charge in [-0.1, -0.05) is 57.9 Å². The van der Waals surface area contributed by atoms with E-state index in [-0.39, 0.29) is 0 Å². The van der Waals surface area contributed by atoms with Crippen LogP contribution in [0.5, 0.6) is 0 Å². The molecular weight excluding hydrogens is 274 g/mol. The number of benzene rings is 2. The Morgan fingerprint density at radius 1 is 1.00 bits per heavy atom. The highest BCUT2D eigenvalue weighted by molar-refractivity contribution is 9.08. The summed E-state index contributed by atoms with van der Waals surface area (Å²) in [7, 11) is 0. The first-order valence-electron chi connectivity index (χ1n) is 5.53. The van der Waals surface area contributed by atoms with Crippen molar-refractivity contribution in [3.63, 3.8) is 0 Å². The summed E-state index contributed by atoms with van der Waals surface area (Å²) < 4.78 is 0. The zero-order valence-electron chi connectivity index (χ0n) is 9.73. The Kier molecular flexibility index (Phi) is 4.10. The van der Waals surface area contributed by atoms with Crippen LogP contribution in [-0.4, -0.2) is 6.21 Å². The van der Waals surface area contributed by atoms with Crippen LogP contribution < -0.4 is 0 Å². The largest absolute Gasteiger partial charge is 0.256 e. The van der Waals surface area contributed by atoms with Gasteiger partial charge in [0.15, 0.2) is 0 Å². The van der Waals surface area contributed by atoms with Crippen LogP contribution in [0, 0.1) is 6.92 Å². The quantitative estimate of drug-likeness (QED) is 0.576. The molecule has 17 heavy (non-hydrogen) atoms. The number of hydrogen-bond donors (Lipinski definition) is 0. The summed E-state index contributed by atoms with van der Waals surface area (Å²) in [5, 5.41) is 0.891. The van der Waals surface area contributed by atoms with Gasteiger partial charge in [-0.05, 0) is 30.2 Å². The molecule has 1 nitrogen and oxygen atoms in total. The molecule has 0 unspecified atom stereocenters. The Labute approximate surface area is 110 Å². The van der Waals surface area contributed by atoms with Crippen LogP contribution in [0.4, 0.5) is 5.69 Å². The molecule has 0 bridgehead atoms. The van der Waals surface area contributed by atoms with E-state index in [1.165, 1.54) is 11.1 Å². The van der Waals surface area contributed by atoms with E-state index in [9.17, 15) is 0 Å². The predicted octanol–water partition coefficient (Wildman–Crippen LogP) is 4.64. The molecule has 0 aliphatic heterocycles. The highest BCUT2D eigenvalue weighted by atomic mass is 79.9. The first-order valence-corrected chi connectivity index (χ1v) is 6.66. The maximum absolute atomic E-state index is 4.44. The number of alkyl halides is 1. The SMILES string of the molecule is Cc1ccc(N=Cc2ccc(CBr)cc2)cc1. The third-order valence-electron chi connectivity index (χ3n) is 2.53. The molecule has 0 aliphatic carbocycles. The number of hydrogen-bond acceptors (Lipinski definition) is 1. The lowest BCUT2D eigenvalue weighted by Crippen LogP contribution is -1.82. The molecule has 0 aliphatic rings. The highest BCUT2D eigenvalue weighted by Crippen LogP contribution is 2.13. The van der Waals surface area contributed by atoms with E-state index in [0.717, 1.165) is 16.6 Å². The zero-order chi connectivity index (χ0) is 12.1. The number of aliphatic imine (C=N–C) groups is 1. The van der Waals surface area contributed by atoms with Crippen LogP contribution in [0.25, 0.3) is 0 Å². The van der Waals surface area contributed by atoms with Crippen LogP contribution in [0.1, 0.15) is 16.7 Å². The van der Waals surface area contributed by atoms with Crippen LogP contribution in [0.15, 0.2) is 53.5 Å². The Balaban J connectivity index is 2.11. The lowest BCUT2D eigenvalue weighted by molar-refractivity contribution is 1.42. The number of halogens is 1. The van der Waals surface area contributed by atoms with Gasteiger partial charge >= 0.3 is 0 Å². The smallest absolute Gasteiger partial charge is 0.0630 e. The molecule has 0 fully saturated rings. The van der Waals surface area contributed by atoms with Crippen LogP contribution in [0.2, 0.25) is 0 Å². The summed E-state index contributed by atoms with van der Waals surface area (Å²) >= 11 is 3.43. The maximum Gasteiger partial charge on any atom is 0.0630 e. The number of aryl methyl sites for hydroxylation is 1. The Morgan fingerprint density at radius 2 is 1.65 bits per heavy atom. The molecule has 0 atom stereocenters. The Morgan fingerprint density at radius 3 is 2.24 bits per heavy atom. The molecule has 2 aromatic rings. The molecule has 86 valence electrons. The van der Waals surface area contributed by atoms with Gasteiger partial charge in [-0.2, -0.15) is 0 Å². The number of rotatable bonds is 3. The van der Waals surface area contributed by atoms with E-state index in [2.05, 4.69) is 64.2 Å². The van der Waals surface area contributed by atoms with Gasteiger partial charge in [0, 0.05) is 11.5 Å². The monoisotopic (exact) mass is 287 g/mol. The summed E-state index contributed by atoms with van der Waals surface area (Å²) in [4.78, 5) is 4.44. The molecule has 0 radical (unpaired) electrons. The number of nitrogens with zero attached hydrogens (tertiary/aromatic N) is 1. The summed E-state index contributed by atoms with van der Waals surface area (Å²) in [6.45, 7) is 2.08. The molecule has 0 spiro atoms. The molecule has 0 aromatic heterocycles. The fourth-order valence-electron chi connectivity index (χ4n) is 1.47. The van der Waals surface area contributed by atoms with Crippen molar-refractivity contribution in [2.75, 3.05) is 0 Å². The lowest BCUT2D eigenvalue weighted by atomic mass is 10.2. The fourth-order valence-corrected chi connectivity index (χ4v) is 1.85. The molecule has 2 aromatic carbocycles. The van der Waals surface area contributed by atoms with Crippen molar-refractivity contribution in [3.8, 4) is 0 Å². The standard InChI is InChI=1S/C15H14BrN/c1-12-2-8-15(9-3-12)17-11-14-6-4-13(10-16)5-7-14/h2-9,11H,10H2,1H3. The minimum absolute atomic E-state index is 0.891. The fraction of sp³-hybridized carbons (Fsp3) is 0.133. The highest BCUT2D eigenvalue weighted by Gasteiger charge is 1.91. The van der Waals surface area contributed by atoms with Gasteiger partial charge < -0.3 is 0 Å². The minimum Gasteiger partial charge on any atom is -0.256 e. The molecule has 2 heteroatoms. The van der Waals surface area contributed by atoms with E-state index in [0.29, 0.717) is 0 Å².